The fraction of sp³-hybridized carbons (Fsp3) is 0.538. The minimum atomic E-state index is 0.192. The molecule has 0 saturated carbocycles. The highest BCUT2D eigenvalue weighted by Crippen LogP contribution is 2.09. The van der Waals surface area contributed by atoms with E-state index < -0.39 is 0 Å². The van der Waals surface area contributed by atoms with Crippen LogP contribution < -0.4 is 14.7 Å². The Kier molecular flexibility index (Phi) is 2.27. The lowest BCUT2D eigenvalue weighted by Crippen LogP contribution is -3.56. The number of nitrogens with zero attached hydrogens (tertiary/aromatic N) is 2. The van der Waals surface area contributed by atoms with E-state index in [2.05, 4.69) is 11.2 Å². The molecule has 4 aliphatic heterocycles. The Hall–Kier alpha value is -1.30. The van der Waals surface area contributed by atoms with Gasteiger partial charge in [0.25, 0.3) is 0 Å². The van der Waals surface area contributed by atoms with E-state index in [1.807, 2.05) is 24.5 Å². The van der Waals surface area contributed by atoms with Crippen LogP contribution in [0.25, 0.3) is 0 Å². The molecule has 4 saturated heterocycles. The summed E-state index contributed by atoms with van der Waals surface area (Å²) in [7, 11) is 0. The van der Waals surface area contributed by atoms with Crippen LogP contribution in [0.5, 0.6) is 0 Å². The summed E-state index contributed by atoms with van der Waals surface area (Å²) in [6, 6.07) is 4.05. The van der Waals surface area contributed by atoms with E-state index in [9.17, 15) is 0 Å². The second kappa shape index (κ2) is 3.85. The van der Waals surface area contributed by atoms with Crippen molar-refractivity contribution >= 4 is 6.21 Å². The van der Waals surface area contributed by atoms with Crippen LogP contribution in [-0.4, -0.2) is 56.4 Å². The van der Waals surface area contributed by atoms with Crippen molar-refractivity contribution < 1.29 is 14.7 Å². The lowest BCUT2D eigenvalue weighted by atomic mass is 9.92. The van der Waals surface area contributed by atoms with Crippen molar-refractivity contribution in [1.29, 1.82) is 0 Å². The Bertz CT molecular complexity index is 434. The number of aliphatic imine (C=N–C) groups is 1. The molecule has 5 rings (SSSR count). The van der Waals surface area contributed by atoms with Crippen LogP contribution >= 0.6 is 0 Å². The van der Waals surface area contributed by atoms with Crippen LogP contribution in [0.2, 0.25) is 0 Å². The zero-order valence-electron chi connectivity index (χ0n) is 10.5. The molecule has 18 heavy (non-hydrogen) atoms. The van der Waals surface area contributed by atoms with Gasteiger partial charge in [0.05, 0.1) is 0 Å². The Labute approximate surface area is 107 Å². The monoisotopic (exact) mass is 246 g/mol. The molecule has 0 atom stereocenters. The highest BCUT2D eigenvalue weighted by atomic mass is 15.6. The smallest absolute Gasteiger partial charge is 0.213 e. The molecular weight excluding hydrogens is 226 g/mol. The van der Waals surface area contributed by atoms with Gasteiger partial charge in [-0.2, -0.15) is 0 Å². The van der Waals surface area contributed by atoms with E-state index >= 15 is 0 Å². The lowest BCUT2D eigenvalue weighted by Gasteiger charge is -2.50. The molecular formula is C13H20N5+3. The summed E-state index contributed by atoms with van der Waals surface area (Å²) in [5, 5.41) is 0. The van der Waals surface area contributed by atoms with Gasteiger partial charge in [-0.25, -0.2) is 14.7 Å². The highest BCUT2D eigenvalue weighted by Gasteiger charge is 2.57. The zero-order chi connectivity index (χ0) is 12.0. The molecule has 1 aromatic rings. The van der Waals surface area contributed by atoms with Gasteiger partial charge in [0.1, 0.15) is 19.6 Å². The van der Waals surface area contributed by atoms with Gasteiger partial charge in [0.15, 0.2) is 0 Å². The summed E-state index contributed by atoms with van der Waals surface area (Å²) in [6.45, 7) is 7.58. The molecule has 0 aliphatic carbocycles. The summed E-state index contributed by atoms with van der Waals surface area (Å²) >= 11 is 0. The molecule has 1 aromatic heterocycles. The number of aromatic nitrogens is 1. The maximum atomic E-state index is 4.97. The van der Waals surface area contributed by atoms with Gasteiger partial charge in [-0.3, -0.25) is 9.98 Å². The zero-order valence-corrected chi connectivity index (χ0v) is 10.5. The Balaban J connectivity index is 1.59. The lowest BCUT2D eigenvalue weighted by molar-refractivity contribution is -1.29. The highest BCUT2D eigenvalue weighted by molar-refractivity contribution is 5.79. The van der Waals surface area contributed by atoms with Crippen molar-refractivity contribution in [2.24, 2.45) is 4.99 Å². The van der Waals surface area contributed by atoms with Crippen LogP contribution in [-0.2, 0) is 0 Å². The van der Waals surface area contributed by atoms with Crippen LogP contribution in [0.3, 0.4) is 0 Å². The maximum absolute atomic E-state index is 4.97. The summed E-state index contributed by atoms with van der Waals surface area (Å²) < 4.78 is 0. The third kappa shape index (κ3) is 1.75. The third-order valence-corrected chi connectivity index (χ3v) is 4.43. The standard InChI is InChI=1S/C13H17N5/c1-3-14-4-2-12(1)5-15-13-6-16-9-17(7-13)11-18(8-13)10-16/h1-5H,6-11H2/p+3. The maximum Gasteiger partial charge on any atom is 0.213 e. The topological polar surface area (TPSA) is 38.6 Å². The van der Waals surface area contributed by atoms with E-state index in [0.717, 1.165) is 0 Å². The van der Waals surface area contributed by atoms with Crippen LogP contribution in [0, 0.1) is 0 Å². The largest absolute Gasteiger partial charge is 0.268 e. The molecule has 0 amide bonds. The predicted molar refractivity (Wildman–Crippen MR) is 66.7 cm³/mol. The number of pyridine rings is 1. The Morgan fingerprint density at radius 1 is 1.00 bits per heavy atom. The quantitative estimate of drug-likeness (QED) is 0.455. The summed E-state index contributed by atoms with van der Waals surface area (Å²) in [5.74, 6) is 0. The average molecular weight is 246 g/mol. The molecule has 0 aromatic carbocycles. The van der Waals surface area contributed by atoms with Crippen molar-refractivity contribution in [3.8, 4) is 0 Å². The van der Waals surface area contributed by atoms with Crippen LogP contribution in [0.1, 0.15) is 5.56 Å². The molecule has 4 fully saturated rings. The van der Waals surface area contributed by atoms with Gasteiger partial charge >= 0.3 is 0 Å². The second-order valence-electron chi connectivity index (χ2n) is 6.07. The Morgan fingerprint density at radius 2 is 1.56 bits per heavy atom. The minimum absolute atomic E-state index is 0.192. The predicted octanol–water partition coefficient (Wildman–Crippen LogP) is -4.19. The first-order valence-electron chi connectivity index (χ1n) is 6.77. The van der Waals surface area contributed by atoms with Crippen molar-refractivity contribution in [2.75, 3.05) is 39.6 Å². The average Bonchev–Trinajstić information content (AvgIpc) is 2.36. The van der Waals surface area contributed by atoms with Crippen LogP contribution in [0.4, 0.5) is 0 Å². The van der Waals surface area contributed by atoms with Gasteiger partial charge in [-0.1, -0.05) is 0 Å². The number of nitrogens with one attached hydrogen (secondary N) is 3. The molecule has 3 N–H and O–H groups in total. The number of hydrogen-bond acceptors (Lipinski definition) is 2. The van der Waals surface area contributed by atoms with E-state index in [0.29, 0.717) is 0 Å². The molecule has 94 valence electrons. The van der Waals surface area contributed by atoms with Crippen molar-refractivity contribution in [1.82, 2.24) is 4.98 Å². The molecule has 4 aliphatic rings. The summed E-state index contributed by atoms with van der Waals surface area (Å²) in [5.41, 5.74) is 1.36. The van der Waals surface area contributed by atoms with Gasteiger partial charge in [-0.05, 0) is 17.7 Å². The van der Waals surface area contributed by atoms with E-state index in [1.54, 1.807) is 14.7 Å². The summed E-state index contributed by atoms with van der Waals surface area (Å²) in [6.07, 6.45) is 5.72. The SMILES string of the molecule is C(=NC12C[NH+]3C[NH+](C[NH+](C3)C1)C2)c1ccncc1. The molecule has 4 bridgehead atoms. The fourth-order valence-electron chi connectivity index (χ4n) is 4.00. The first kappa shape index (κ1) is 10.6. The van der Waals surface area contributed by atoms with E-state index in [1.165, 1.54) is 45.2 Å². The minimum Gasteiger partial charge on any atom is -0.268 e. The van der Waals surface area contributed by atoms with Crippen LogP contribution in [0.15, 0.2) is 29.5 Å². The van der Waals surface area contributed by atoms with E-state index in [4.69, 9.17) is 4.99 Å². The first-order chi connectivity index (χ1) is 8.81. The third-order valence-electron chi connectivity index (χ3n) is 4.43. The van der Waals surface area contributed by atoms with Gasteiger partial charge in [0.2, 0.25) is 25.5 Å². The fourth-order valence-corrected chi connectivity index (χ4v) is 4.00. The van der Waals surface area contributed by atoms with E-state index in [-0.39, 0.29) is 5.54 Å². The number of quaternary nitrogens is 3. The molecule has 5 heterocycles. The summed E-state index contributed by atoms with van der Waals surface area (Å²) in [4.78, 5) is 14.2. The van der Waals surface area contributed by atoms with Crippen molar-refractivity contribution in [2.45, 2.75) is 5.54 Å². The first-order valence-corrected chi connectivity index (χ1v) is 6.77. The number of rotatable bonds is 2. The molecule has 0 unspecified atom stereocenters. The van der Waals surface area contributed by atoms with Gasteiger partial charge in [0, 0.05) is 18.6 Å². The van der Waals surface area contributed by atoms with Gasteiger partial charge < -0.3 is 0 Å². The van der Waals surface area contributed by atoms with Crippen molar-refractivity contribution in [3.63, 3.8) is 0 Å². The number of hydrogen-bond donors (Lipinski definition) is 3. The molecule has 0 radical (unpaired) electrons. The normalized spacial score (nSPS) is 41.7. The van der Waals surface area contributed by atoms with Gasteiger partial charge in [-0.15, -0.1) is 0 Å². The Morgan fingerprint density at radius 3 is 2.11 bits per heavy atom. The molecule has 5 nitrogen and oxygen atoms in total. The molecule has 5 heteroatoms. The molecule has 0 spiro atoms. The van der Waals surface area contributed by atoms with Crippen molar-refractivity contribution in [3.05, 3.63) is 30.1 Å². The second-order valence-corrected chi connectivity index (χ2v) is 6.07.